The van der Waals surface area contributed by atoms with E-state index in [1.165, 1.54) is 11.1 Å². The number of fused-ring (bicyclic) bond motifs is 1. The second kappa shape index (κ2) is 4.94. The molecule has 1 aliphatic rings. The van der Waals surface area contributed by atoms with E-state index in [4.69, 9.17) is 5.73 Å². The Balaban J connectivity index is 1.78. The lowest BCUT2D eigenvalue weighted by molar-refractivity contribution is -0.122. The van der Waals surface area contributed by atoms with Crippen LogP contribution in [0.25, 0.3) is 10.1 Å². The summed E-state index contributed by atoms with van der Waals surface area (Å²) < 4.78 is 1.23. The van der Waals surface area contributed by atoms with Crippen LogP contribution < -0.4 is 11.1 Å². The van der Waals surface area contributed by atoms with Crippen LogP contribution in [-0.4, -0.2) is 11.4 Å². The van der Waals surface area contributed by atoms with E-state index in [9.17, 15) is 4.79 Å². The van der Waals surface area contributed by atoms with Gasteiger partial charge in [-0.1, -0.05) is 19.3 Å². The molecule has 1 aliphatic carbocycles. The molecular weight excluding hydrogens is 256 g/mol. The molecule has 1 heterocycles. The van der Waals surface area contributed by atoms with Gasteiger partial charge in [-0.25, -0.2) is 0 Å². The van der Waals surface area contributed by atoms with Crippen molar-refractivity contribution in [1.29, 1.82) is 0 Å². The van der Waals surface area contributed by atoms with Gasteiger partial charge in [0.25, 0.3) is 0 Å². The number of benzene rings is 1. The van der Waals surface area contributed by atoms with Crippen molar-refractivity contribution in [2.24, 2.45) is 5.73 Å². The van der Waals surface area contributed by atoms with Crippen LogP contribution in [0.5, 0.6) is 0 Å². The van der Waals surface area contributed by atoms with E-state index in [2.05, 4.69) is 16.8 Å². The fraction of sp³-hybridized carbons (Fsp3) is 0.400. The van der Waals surface area contributed by atoms with Crippen molar-refractivity contribution in [3.63, 3.8) is 0 Å². The second-order valence-electron chi connectivity index (χ2n) is 5.34. The molecule has 0 saturated heterocycles. The topological polar surface area (TPSA) is 55.1 Å². The summed E-state index contributed by atoms with van der Waals surface area (Å²) in [5.41, 5.74) is 6.39. The van der Waals surface area contributed by atoms with Gasteiger partial charge in [0.05, 0.1) is 5.54 Å². The molecule has 0 radical (unpaired) electrons. The number of thiophene rings is 1. The Morgan fingerprint density at radius 2 is 2.00 bits per heavy atom. The summed E-state index contributed by atoms with van der Waals surface area (Å²) >= 11 is 1.70. The molecule has 2 aromatic rings. The van der Waals surface area contributed by atoms with Crippen molar-refractivity contribution < 1.29 is 4.79 Å². The van der Waals surface area contributed by atoms with Gasteiger partial charge in [-0.2, -0.15) is 0 Å². The highest BCUT2D eigenvalue weighted by Crippen LogP contribution is 2.28. The lowest BCUT2D eigenvalue weighted by Crippen LogP contribution is -2.52. The first-order valence-corrected chi connectivity index (χ1v) is 7.63. The minimum Gasteiger partial charge on any atom is -0.324 e. The van der Waals surface area contributed by atoms with Crippen molar-refractivity contribution in [3.8, 4) is 0 Å². The average molecular weight is 274 g/mol. The predicted octanol–water partition coefficient (Wildman–Crippen LogP) is 3.50. The Morgan fingerprint density at radius 3 is 2.79 bits per heavy atom. The smallest absolute Gasteiger partial charge is 0.244 e. The Bertz CT molecular complexity index is 599. The van der Waals surface area contributed by atoms with E-state index in [0.29, 0.717) is 0 Å². The zero-order valence-electron chi connectivity index (χ0n) is 10.8. The quantitative estimate of drug-likeness (QED) is 0.880. The molecule has 1 fully saturated rings. The van der Waals surface area contributed by atoms with E-state index in [0.717, 1.165) is 36.8 Å². The Hall–Kier alpha value is -1.39. The van der Waals surface area contributed by atoms with Gasteiger partial charge >= 0.3 is 0 Å². The van der Waals surface area contributed by atoms with Crippen LogP contribution in [0.1, 0.15) is 32.1 Å². The minimum absolute atomic E-state index is 0.0400. The van der Waals surface area contributed by atoms with Gasteiger partial charge in [-0.15, -0.1) is 11.3 Å². The first kappa shape index (κ1) is 12.6. The van der Waals surface area contributed by atoms with E-state index < -0.39 is 5.54 Å². The summed E-state index contributed by atoms with van der Waals surface area (Å²) in [5, 5.41) is 6.20. The maximum absolute atomic E-state index is 12.3. The van der Waals surface area contributed by atoms with Crippen molar-refractivity contribution in [2.75, 3.05) is 5.32 Å². The number of amides is 1. The summed E-state index contributed by atoms with van der Waals surface area (Å²) in [6, 6.07) is 8.06. The molecule has 0 atom stereocenters. The lowest BCUT2D eigenvalue weighted by Gasteiger charge is -2.31. The Kier molecular flexibility index (Phi) is 3.29. The molecule has 1 aromatic heterocycles. The fourth-order valence-corrected chi connectivity index (χ4v) is 3.48. The molecule has 100 valence electrons. The minimum atomic E-state index is -0.679. The molecule has 3 rings (SSSR count). The van der Waals surface area contributed by atoms with E-state index in [1.807, 2.05) is 18.2 Å². The van der Waals surface area contributed by atoms with Crippen molar-refractivity contribution in [1.82, 2.24) is 0 Å². The van der Waals surface area contributed by atoms with E-state index in [1.54, 1.807) is 11.3 Å². The van der Waals surface area contributed by atoms with Gasteiger partial charge < -0.3 is 11.1 Å². The Labute approximate surface area is 116 Å². The van der Waals surface area contributed by atoms with Crippen molar-refractivity contribution >= 4 is 33.0 Å². The molecule has 1 amide bonds. The number of carbonyl (C=O) groups is 1. The molecule has 0 spiro atoms. The molecule has 1 aromatic carbocycles. The zero-order valence-corrected chi connectivity index (χ0v) is 11.6. The molecule has 3 nitrogen and oxygen atoms in total. The normalized spacial score (nSPS) is 18.4. The second-order valence-corrected chi connectivity index (χ2v) is 6.29. The molecule has 0 aliphatic heterocycles. The highest BCUT2D eigenvalue weighted by atomic mass is 32.1. The van der Waals surface area contributed by atoms with Gasteiger partial charge in [0.15, 0.2) is 0 Å². The monoisotopic (exact) mass is 274 g/mol. The molecule has 0 unspecified atom stereocenters. The number of nitrogens with one attached hydrogen (secondary N) is 1. The third kappa shape index (κ3) is 2.51. The van der Waals surface area contributed by atoms with Crippen LogP contribution in [0.3, 0.4) is 0 Å². The van der Waals surface area contributed by atoms with Crippen molar-refractivity contribution in [2.45, 2.75) is 37.6 Å². The molecular formula is C15H18N2OS. The fourth-order valence-electron chi connectivity index (χ4n) is 2.71. The summed E-state index contributed by atoms with van der Waals surface area (Å²) in [7, 11) is 0. The molecule has 0 bridgehead atoms. The summed E-state index contributed by atoms with van der Waals surface area (Å²) in [6.45, 7) is 0. The number of nitrogens with two attached hydrogens (primary N) is 1. The van der Waals surface area contributed by atoms with Gasteiger partial charge in [-0.05, 0) is 47.9 Å². The number of hydrogen-bond donors (Lipinski definition) is 2. The molecule has 4 heteroatoms. The standard InChI is InChI=1S/C15H18N2OS/c16-15(7-2-1-3-8-15)14(18)17-12-4-5-13-11(10-12)6-9-19-13/h4-6,9-10H,1-3,7-8,16H2,(H,17,18). The summed E-state index contributed by atoms with van der Waals surface area (Å²) in [5.74, 6) is -0.0400. The molecule has 3 N–H and O–H groups in total. The first-order valence-electron chi connectivity index (χ1n) is 6.75. The van der Waals surface area contributed by atoms with E-state index >= 15 is 0 Å². The van der Waals surface area contributed by atoms with Crippen LogP contribution in [0, 0.1) is 0 Å². The maximum Gasteiger partial charge on any atom is 0.244 e. The number of anilines is 1. The van der Waals surface area contributed by atoms with Crippen LogP contribution in [0.15, 0.2) is 29.6 Å². The van der Waals surface area contributed by atoms with Crippen LogP contribution in [0.2, 0.25) is 0 Å². The van der Waals surface area contributed by atoms with Crippen LogP contribution in [0.4, 0.5) is 5.69 Å². The summed E-state index contributed by atoms with van der Waals surface area (Å²) in [6.07, 6.45) is 4.87. The highest BCUT2D eigenvalue weighted by molar-refractivity contribution is 7.17. The lowest BCUT2D eigenvalue weighted by atomic mass is 9.82. The molecule has 1 saturated carbocycles. The average Bonchev–Trinajstić information content (AvgIpc) is 2.87. The predicted molar refractivity (Wildman–Crippen MR) is 80.5 cm³/mol. The van der Waals surface area contributed by atoms with Crippen LogP contribution >= 0.6 is 11.3 Å². The first-order chi connectivity index (χ1) is 9.17. The van der Waals surface area contributed by atoms with Gasteiger partial charge in [0.1, 0.15) is 0 Å². The maximum atomic E-state index is 12.3. The zero-order chi connectivity index (χ0) is 13.3. The molecule has 19 heavy (non-hydrogen) atoms. The van der Waals surface area contributed by atoms with Crippen molar-refractivity contribution in [3.05, 3.63) is 29.6 Å². The van der Waals surface area contributed by atoms with E-state index in [-0.39, 0.29) is 5.91 Å². The number of carbonyl (C=O) groups excluding carboxylic acids is 1. The third-order valence-corrected chi connectivity index (χ3v) is 4.81. The van der Waals surface area contributed by atoms with Gasteiger partial charge in [0.2, 0.25) is 5.91 Å². The third-order valence-electron chi connectivity index (χ3n) is 3.91. The van der Waals surface area contributed by atoms with Crippen LogP contribution in [-0.2, 0) is 4.79 Å². The number of hydrogen-bond acceptors (Lipinski definition) is 3. The largest absolute Gasteiger partial charge is 0.324 e. The number of rotatable bonds is 2. The van der Waals surface area contributed by atoms with Gasteiger partial charge in [0, 0.05) is 10.4 Å². The summed E-state index contributed by atoms with van der Waals surface area (Å²) in [4.78, 5) is 12.3. The highest BCUT2D eigenvalue weighted by Gasteiger charge is 2.35. The Morgan fingerprint density at radius 1 is 1.21 bits per heavy atom. The SMILES string of the molecule is NC1(C(=O)Nc2ccc3sccc3c2)CCCCC1. The van der Waals surface area contributed by atoms with Gasteiger partial charge in [-0.3, -0.25) is 4.79 Å².